The van der Waals surface area contributed by atoms with Gasteiger partial charge < -0.3 is 4.74 Å². The van der Waals surface area contributed by atoms with E-state index in [1.54, 1.807) is 0 Å². The van der Waals surface area contributed by atoms with Crippen molar-refractivity contribution < 1.29 is 19.2 Å². The quantitative estimate of drug-likeness (QED) is 0.426. The van der Waals surface area contributed by atoms with E-state index in [1.165, 1.54) is 31.4 Å². The molecule has 0 saturated heterocycles. The van der Waals surface area contributed by atoms with Gasteiger partial charge in [-0.2, -0.15) is 0 Å². The first-order chi connectivity index (χ1) is 8.61. The van der Waals surface area contributed by atoms with Crippen LogP contribution in [0.5, 0.6) is 0 Å². The summed E-state index contributed by atoms with van der Waals surface area (Å²) in [5.74, 6) is -0.903. The van der Waals surface area contributed by atoms with Crippen LogP contribution >= 0.6 is 0 Å². The molecule has 0 unspecified atom stereocenters. The minimum atomic E-state index is -0.451. The van der Waals surface area contributed by atoms with Gasteiger partial charge in [0, 0.05) is 12.2 Å². The molecule has 1 aliphatic heterocycles. The zero-order valence-electron chi connectivity index (χ0n) is 10.7. The maximum Gasteiger partial charge on any atom is 0.278 e. The van der Waals surface area contributed by atoms with Crippen LogP contribution < -0.4 is 0 Å². The monoisotopic (exact) mass is 253 g/mol. The van der Waals surface area contributed by atoms with Crippen molar-refractivity contribution in [3.05, 3.63) is 12.2 Å². The van der Waals surface area contributed by atoms with Crippen molar-refractivity contribution in [3.8, 4) is 0 Å². The molecule has 0 aromatic heterocycles. The number of amides is 2. The first-order valence-corrected chi connectivity index (χ1v) is 6.38. The van der Waals surface area contributed by atoms with E-state index in [4.69, 9.17) is 9.57 Å². The molecule has 2 amide bonds. The largest absolute Gasteiger partial charge is 0.352 e. The molecule has 5 heteroatoms. The topological polar surface area (TPSA) is 55.8 Å². The normalized spacial score (nSPS) is 22.8. The van der Waals surface area contributed by atoms with Gasteiger partial charge in [-0.1, -0.05) is 26.2 Å². The minimum Gasteiger partial charge on any atom is -0.352 e. The first-order valence-electron chi connectivity index (χ1n) is 6.38. The van der Waals surface area contributed by atoms with E-state index < -0.39 is 11.8 Å². The Labute approximate surface area is 107 Å². The van der Waals surface area contributed by atoms with E-state index in [0.29, 0.717) is 6.61 Å². The van der Waals surface area contributed by atoms with Crippen molar-refractivity contribution in [2.45, 2.75) is 39.0 Å². The summed E-state index contributed by atoms with van der Waals surface area (Å²) in [6, 6.07) is 0. The fourth-order valence-electron chi connectivity index (χ4n) is 2.44. The van der Waals surface area contributed by atoms with Crippen molar-refractivity contribution in [2.24, 2.45) is 5.41 Å². The van der Waals surface area contributed by atoms with Crippen molar-refractivity contribution >= 4 is 11.8 Å². The molecule has 1 aliphatic carbocycles. The number of imide groups is 1. The second-order valence-electron chi connectivity index (χ2n) is 5.27. The highest BCUT2D eigenvalue weighted by Gasteiger charge is 2.28. The van der Waals surface area contributed by atoms with Crippen molar-refractivity contribution in [3.63, 3.8) is 0 Å². The predicted octanol–water partition coefficient (Wildman–Crippen LogP) is 1.79. The number of nitrogens with zero attached hydrogens (tertiary/aromatic N) is 1. The molecule has 1 heterocycles. The number of rotatable bonds is 5. The summed E-state index contributed by atoms with van der Waals surface area (Å²) in [5.41, 5.74) is 0.207. The third kappa shape index (κ3) is 3.17. The predicted molar refractivity (Wildman–Crippen MR) is 64.1 cm³/mol. The van der Waals surface area contributed by atoms with Gasteiger partial charge in [0.1, 0.15) is 0 Å². The van der Waals surface area contributed by atoms with Gasteiger partial charge in [-0.25, -0.2) is 4.84 Å². The molecule has 0 spiro atoms. The fourth-order valence-corrected chi connectivity index (χ4v) is 2.44. The molecule has 100 valence electrons. The van der Waals surface area contributed by atoms with Crippen LogP contribution in [0.15, 0.2) is 12.2 Å². The average Bonchev–Trinajstić information content (AvgIpc) is 2.66. The number of ether oxygens (including phenoxy) is 1. The van der Waals surface area contributed by atoms with Gasteiger partial charge in [0.2, 0.25) is 0 Å². The molecule has 0 bridgehead atoms. The fraction of sp³-hybridized carbons (Fsp3) is 0.692. The Morgan fingerprint density at radius 1 is 1.17 bits per heavy atom. The van der Waals surface area contributed by atoms with Crippen LogP contribution in [-0.2, 0) is 19.2 Å². The summed E-state index contributed by atoms with van der Waals surface area (Å²) in [6.45, 7) is 2.76. The molecule has 2 aliphatic rings. The number of hydrogen-bond donors (Lipinski definition) is 0. The van der Waals surface area contributed by atoms with Crippen molar-refractivity contribution in [1.29, 1.82) is 0 Å². The Bertz CT molecular complexity index is 340. The summed E-state index contributed by atoms with van der Waals surface area (Å²) in [4.78, 5) is 27.4. The van der Waals surface area contributed by atoms with Crippen LogP contribution in [0, 0.1) is 5.41 Å². The van der Waals surface area contributed by atoms with Gasteiger partial charge in [0.15, 0.2) is 6.79 Å². The van der Waals surface area contributed by atoms with E-state index in [9.17, 15) is 9.59 Å². The van der Waals surface area contributed by atoms with Crippen LogP contribution in [0.1, 0.15) is 39.0 Å². The summed E-state index contributed by atoms with van der Waals surface area (Å²) in [6.07, 6.45) is 8.48. The summed E-state index contributed by atoms with van der Waals surface area (Å²) in [7, 11) is 0. The number of hydroxylamine groups is 2. The average molecular weight is 253 g/mol. The van der Waals surface area contributed by atoms with Crippen molar-refractivity contribution in [2.75, 3.05) is 13.4 Å². The highest BCUT2D eigenvalue weighted by molar-refractivity contribution is 6.11. The standard InChI is InChI=1S/C13H19NO4/c1-13(7-3-2-4-8-13)9-17-10-18-14-11(15)5-6-12(14)16/h5-6H,2-4,7-10H2,1H3. The number of hydrogen-bond acceptors (Lipinski definition) is 4. The molecule has 1 saturated carbocycles. The summed E-state index contributed by atoms with van der Waals surface area (Å²) >= 11 is 0. The molecule has 5 nitrogen and oxygen atoms in total. The van der Waals surface area contributed by atoms with Gasteiger partial charge in [-0.3, -0.25) is 9.59 Å². The Balaban J connectivity index is 1.67. The molecular formula is C13H19NO4. The second-order valence-corrected chi connectivity index (χ2v) is 5.27. The smallest absolute Gasteiger partial charge is 0.278 e. The van der Waals surface area contributed by atoms with Gasteiger partial charge in [-0.15, -0.1) is 5.06 Å². The lowest BCUT2D eigenvalue weighted by Gasteiger charge is -2.33. The molecule has 2 rings (SSSR count). The number of carbonyl (C=O) groups is 2. The zero-order chi connectivity index (χ0) is 13.0. The van der Waals surface area contributed by atoms with E-state index in [1.807, 2.05) is 0 Å². The van der Waals surface area contributed by atoms with E-state index >= 15 is 0 Å². The van der Waals surface area contributed by atoms with Gasteiger partial charge >= 0.3 is 0 Å². The molecular weight excluding hydrogens is 234 g/mol. The lowest BCUT2D eigenvalue weighted by molar-refractivity contribution is -0.219. The highest BCUT2D eigenvalue weighted by atomic mass is 16.8. The van der Waals surface area contributed by atoms with Crippen LogP contribution in [-0.4, -0.2) is 30.3 Å². The third-order valence-corrected chi connectivity index (χ3v) is 3.55. The molecule has 1 fully saturated rings. The Morgan fingerprint density at radius 3 is 2.39 bits per heavy atom. The molecule has 0 atom stereocenters. The lowest BCUT2D eigenvalue weighted by Crippen LogP contribution is -2.32. The van der Waals surface area contributed by atoms with E-state index in [2.05, 4.69) is 6.92 Å². The van der Waals surface area contributed by atoms with Crippen molar-refractivity contribution in [1.82, 2.24) is 5.06 Å². The van der Waals surface area contributed by atoms with E-state index in [-0.39, 0.29) is 12.2 Å². The Hall–Kier alpha value is -1.20. The molecule has 0 aromatic carbocycles. The summed E-state index contributed by atoms with van der Waals surface area (Å²) in [5, 5.41) is 0.725. The highest BCUT2D eigenvalue weighted by Crippen LogP contribution is 2.35. The first kappa shape index (κ1) is 13.2. The number of carbonyl (C=O) groups excluding carboxylic acids is 2. The zero-order valence-corrected chi connectivity index (χ0v) is 10.7. The minimum absolute atomic E-state index is 0.0608. The van der Waals surface area contributed by atoms with Crippen LogP contribution in [0.2, 0.25) is 0 Å². The SMILES string of the molecule is CC1(COCON2C(=O)C=CC2=O)CCCCC1. The molecule has 0 N–H and O–H groups in total. The van der Waals surface area contributed by atoms with Gasteiger partial charge in [0.25, 0.3) is 11.8 Å². The van der Waals surface area contributed by atoms with E-state index in [0.717, 1.165) is 17.9 Å². The van der Waals surface area contributed by atoms with Crippen LogP contribution in [0.25, 0.3) is 0 Å². The molecule has 0 radical (unpaired) electrons. The Morgan fingerprint density at radius 2 is 1.78 bits per heavy atom. The maximum absolute atomic E-state index is 11.2. The van der Waals surface area contributed by atoms with Crippen LogP contribution in [0.4, 0.5) is 0 Å². The second kappa shape index (κ2) is 5.63. The third-order valence-electron chi connectivity index (χ3n) is 3.55. The molecule has 18 heavy (non-hydrogen) atoms. The maximum atomic E-state index is 11.2. The summed E-state index contributed by atoms with van der Waals surface area (Å²) < 4.78 is 5.44. The Kier molecular flexibility index (Phi) is 4.14. The van der Waals surface area contributed by atoms with Crippen LogP contribution in [0.3, 0.4) is 0 Å². The van der Waals surface area contributed by atoms with Gasteiger partial charge in [0.05, 0.1) is 6.61 Å². The lowest BCUT2D eigenvalue weighted by atomic mass is 9.76. The molecule has 0 aromatic rings. The van der Waals surface area contributed by atoms with Gasteiger partial charge in [-0.05, 0) is 18.3 Å².